The molecule has 2 aliphatic heterocycles. The van der Waals surface area contributed by atoms with Gasteiger partial charge in [0, 0.05) is 43.5 Å². The topological polar surface area (TPSA) is 98.7 Å². The first kappa shape index (κ1) is 36.5. The summed E-state index contributed by atoms with van der Waals surface area (Å²) in [4.78, 5) is 37.7. The van der Waals surface area contributed by atoms with Crippen LogP contribution in [0.5, 0.6) is 5.75 Å². The van der Waals surface area contributed by atoms with Crippen molar-refractivity contribution in [3.05, 3.63) is 96.2 Å². The van der Waals surface area contributed by atoms with Crippen LogP contribution in [0.1, 0.15) is 63.5 Å². The Morgan fingerprint density at radius 1 is 0.960 bits per heavy atom. The van der Waals surface area contributed by atoms with E-state index in [4.69, 9.17) is 9.47 Å². The maximum Gasteiger partial charge on any atom is 0.421 e. The molecule has 2 amide bonds. The van der Waals surface area contributed by atoms with E-state index < -0.39 is 12.3 Å². The lowest BCUT2D eigenvalue weighted by atomic mass is 10.1. The minimum Gasteiger partial charge on any atom is -0.493 e. The lowest BCUT2D eigenvalue weighted by Crippen LogP contribution is -2.49. The first-order valence-corrected chi connectivity index (χ1v) is 18.0. The fraction of sp³-hybridized carbons (Fsp3) is 0.425. The summed E-state index contributed by atoms with van der Waals surface area (Å²) >= 11 is 0. The van der Waals surface area contributed by atoms with Crippen molar-refractivity contribution in [3.8, 4) is 5.75 Å². The molecule has 1 saturated heterocycles. The molecule has 0 spiro atoms. The van der Waals surface area contributed by atoms with Crippen molar-refractivity contribution in [2.45, 2.75) is 78.5 Å². The number of rotatable bonds is 14. The van der Waals surface area contributed by atoms with Gasteiger partial charge in [0.2, 0.25) is 18.1 Å². The highest BCUT2D eigenvalue weighted by molar-refractivity contribution is 5.99. The Morgan fingerprint density at radius 3 is 2.44 bits per heavy atom. The third-order valence-corrected chi connectivity index (χ3v) is 9.13. The number of guanidine groups is 1. The first-order valence-electron chi connectivity index (χ1n) is 18.0. The van der Waals surface area contributed by atoms with Gasteiger partial charge in [-0.15, -0.1) is 0 Å². The molecule has 3 aromatic rings. The molecule has 0 saturated carbocycles. The highest BCUT2D eigenvalue weighted by Gasteiger charge is 2.31. The van der Waals surface area contributed by atoms with Gasteiger partial charge in [-0.05, 0) is 101 Å². The number of piperidine rings is 1. The molecule has 2 atom stereocenters. The van der Waals surface area contributed by atoms with E-state index in [1.165, 1.54) is 32.4 Å². The number of amides is 2. The van der Waals surface area contributed by atoms with Crippen LogP contribution in [0.4, 0.5) is 21.9 Å². The Bertz CT molecular complexity index is 1600. The average molecular weight is 681 g/mol. The number of nitrogens with one attached hydrogen (secondary N) is 2. The van der Waals surface area contributed by atoms with E-state index in [2.05, 4.69) is 20.5 Å². The van der Waals surface area contributed by atoms with Gasteiger partial charge in [0.25, 0.3) is 0 Å². The molecular formula is C40H52N6O4. The van der Waals surface area contributed by atoms with Crippen molar-refractivity contribution in [2.24, 2.45) is 4.99 Å². The predicted octanol–water partition coefficient (Wildman–Crippen LogP) is 7.76. The van der Waals surface area contributed by atoms with Crippen LogP contribution in [0, 0.1) is 13.8 Å². The summed E-state index contributed by atoms with van der Waals surface area (Å²) in [5.74, 6) is 1.14. The molecule has 10 heteroatoms. The number of hydrogen-bond donors (Lipinski definition) is 2. The summed E-state index contributed by atoms with van der Waals surface area (Å²) in [5.41, 5.74) is 4.12. The molecule has 2 aliphatic rings. The number of anilines is 3. The second-order valence-electron chi connectivity index (χ2n) is 13.1. The van der Waals surface area contributed by atoms with Gasteiger partial charge in [-0.25, -0.2) is 14.7 Å². The van der Waals surface area contributed by atoms with Gasteiger partial charge >= 0.3 is 6.09 Å². The first-order chi connectivity index (χ1) is 24.3. The normalized spacial score (nSPS) is 16.7. The SMILES string of the molecule is CCC(C)NC(=O)CCN1C(Nc2cccc(OCCCN3CCCCC3)c2)=NC=CC1OC(=O)N(c1ccccc1)c1c(C)cccc1C. The number of ether oxygens (including phenoxy) is 2. The van der Waals surface area contributed by atoms with Crippen LogP contribution in [-0.4, -0.2) is 72.8 Å². The lowest BCUT2D eigenvalue weighted by molar-refractivity contribution is -0.122. The summed E-state index contributed by atoms with van der Waals surface area (Å²) in [6, 6.07) is 23.2. The average Bonchev–Trinajstić information content (AvgIpc) is 3.12. The van der Waals surface area contributed by atoms with Gasteiger partial charge in [-0.1, -0.05) is 55.8 Å². The summed E-state index contributed by atoms with van der Waals surface area (Å²) in [5, 5.41) is 6.44. The zero-order valence-corrected chi connectivity index (χ0v) is 29.9. The summed E-state index contributed by atoms with van der Waals surface area (Å²) < 4.78 is 12.4. The van der Waals surface area contributed by atoms with E-state index in [1.807, 2.05) is 105 Å². The molecule has 1 fully saturated rings. The maximum atomic E-state index is 14.2. The van der Waals surface area contributed by atoms with E-state index in [0.717, 1.165) is 47.6 Å². The number of aliphatic imine (C=N–C) groups is 1. The molecule has 0 aliphatic carbocycles. The Labute approximate surface area is 297 Å². The van der Waals surface area contributed by atoms with Crippen LogP contribution in [0.15, 0.2) is 90.1 Å². The molecule has 2 heterocycles. The summed E-state index contributed by atoms with van der Waals surface area (Å²) in [6.07, 6.45) is 7.87. The minimum absolute atomic E-state index is 0.0583. The number of nitrogens with zero attached hydrogens (tertiary/aromatic N) is 4. The fourth-order valence-corrected chi connectivity index (χ4v) is 6.27. The molecule has 3 aromatic carbocycles. The van der Waals surface area contributed by atoms with E-state index in [-0.39, 0.29) is 24.9 Å². The van der Waals surface area contributed by atoms with Crippen molar-refractivity contribution in [2.75, 3.05) is 43.0 Å². The molecule has 266 valence electrons. The predicted molar refractivity (Wildman–Crippen MR) is 201 cm³/mol. The molecule has 0 aromatic heterocycles. The molecule has 10 nitrogen and oxygen atoms in total. The smallest absolute Gasteiger partial charge is 0.421 e. The highest BCUT2D eigenvalue weighted by Crippen LogP contribution is 2.33. The minimum atomic E-state index is -0.830. The molecular weight excluding hydrogens is 628 g/mol. The molecule has 0 bridgehead atoms. The molecule has 0 radical (unpaired) electrons. The number of aryl methyl sites for hydroxylation is 2. The van der Waals surface area contributed by atoms with Gasteiger partial charge in [-0.3, -0.25) is 4.79 Å². The standard InChI is InChI=1S/C40H52N6O4/c1-5-32(4)42-36(47)22-27-45-37(50-40(48)46(34-18-8-6-9-19-34)38-30(2)15-12-16-31(38)3)21-23-41-39(45)43-33-17-13-20-35(29-33)49-28-14-26-44-24-10-7-11-25-44/h6,8-9,12-13,15-21,23,29,32,37H,5,7,10-11,14,22,24-28H2,1-4H3,(H,41,43)(H,42,47). The van der Waals surface area contributed by atoms with Crippen molar-refractivity contribution < 1.29 is 19.1 Å². The number of hydrogen-bond acceptors (Lipinski definition) is 8. The molecule has 5 rings (SSSR count). The van der Waals surface area contributed by atoms with E-state index in [1.54, 1.807) is 17.2 Å². The van der Waals surface area contributed by atoms with Gasteiger partial charge < -0.3 is 29.9 Å². The van der Waals surface area contributed by atoms with Crippen molar-refractivity contribution in [1.82, 2.24) is 15.1 Å². The van der Waals surface area contributed by atoms with Crippen molar-refractivity contribution >= 4 is 35.0 Å². The van der Waals surface area contributed by atoms with Crippen LogP contribution in [0.25, 0.3) is 0 Å². The number of benzene rings is 3. The molecule has 2 unspecified atom stereocenters. The Hall–Kier alpha value is -4.83. The van der Waals surface area contributed by atoms with E-state index in [9.17, 15) is 9.59 Å². The Morgan fingerprint density at radius 2 is 1.70 bits per heavy atom. The number of carbonyl (C=O) groups is 2. The fourth-order valence-electron chi connectivity index (χ4n) is 6.27. The number of carbonyl (C=O) groups excluding carboxylic acids is 2. The molecule has 50 heavy (non-hydrogen) atoms. The van der Waals surface area contributed by atoms with Gasteiger partial charge in [0.05, 0.1) is 18.0 Å². The summed E-state index contributed by atoms with van der Waals surface area (Å²) in [6.45, 7) is 12.3. The van der Waals surface area contributed by atoms with Crippen LogP contribution < -0.4 is 20.3 Å². The van der Waals surface area contributed by atoms with E-state index in [0.29, 0.717) is 18.3 Å². The maximum absolute atomic E-state index is 14.2. The van der Waals surface area contributed by atoms with Crippen LogP contribution in [0.3, 0.4) is 0 Å². The highest BCUT2D eigenvalue weighted by atomic mass is 16.6. The largest absolute Gasteiger partial charge is 0.493 e. The number of para-hydroxylation sites is 2. The van der Waals surface area contributed by atoms with Gasteiger partial charge in [0.1, 0.15) is 5.75 Å². The zero-order chi connectivity index (χ0) is 35.3. The number of likely N-dealkylation sites (tertiary alicyclic amines) is 1. The third kappa shape index (κ3) is 10.1. The van der Waals surface area contributed by atoms with Crippen molar-refractivity contribution in [1.29, 1.82) is 0 Å². The quantitative estimate of drug-likeness (QED) is 0.168. The summed E-state index contributed by atoms with van der Waals surface area (Å²) in [7, 11) is 0. The second kappa shape index (κ2) is 18.2. The third-order valence-electron chi connectivity index (χ3n) is 9.13. The Balaban J connectivity index is 1.32. The monoisotopic (exact) mass is 680 g/mol. The van der Waals surface area contributed by atoms with Crippen LogP contribution in [-0.2, 0) is 9.53 Å². The second-order valence-corrected chi connectivity index (χ2v) is 13.1. The van der Waals surface area contributed by atoms with Gasteiger partial charge in [-0.2, -0.15) is 0 Å². The zero-order valence-electron chi connectivity index (χ0n) is 29.9. The molecule has 2 N–H and O–H groups in total. The lowest BCUT2D eigenvalue weighted by Gasteiger charge is -2.35. The van der Waals surface area contributed by atoms with Gasteiger partial charge in [0.15, 0.2) is 0 Å². The van der Waals surface area contributed by atoms with Crippen LogP contribution >= 0.6 is 0 Å². The van der Waals surface area contributed by atoms with Crippen molar-refractivity contribution in [3.63, 3.8) is 0 Å². The van der Waals surface area contributed by atoms with E-state index >= 15 is 0 Å². The van der Waals surface area contributed by atoms with Crippen LogP contribution in [0.2, 0.25) is 0 Å². The Kier molecular flexibility index (Phi) is 13.3.